The second kappa shape index (κ2) is 7.12. The number of ether oxygens (including phenoxy) is 2. The molecule has 7 nitrogen and oxygen atoms in total. The highest BCUT2D eigenvalue weighted by Gasteiger charge is 2.14. The molecule has 0 aliphatic heterocycles. The second-order valence-electron chi connectivity index (χ2n) is 5.56. The van der Waals surface area contributed by atoms with E-state index in [1.807, 2.05) is 32.0 Å². The number of para-hydroxylation sites is 1. The number of carbonyl (C=O) groups is 1. The number of carbonyl (C=O) groups excluding carboxylic acids is 1. The van der Waals surface area contributed by atoms with Gasteiger partial charge in [0.05, 0.1) is 12.8 Å². The van der Waals surface area contributed by atoms with Gasteiger partial charge in [0, 0.05) is 5.56 Å². The van der Waals surface area contributed by atoms with Crippen molar-refractivity contribution in [3.63, 3.8) is 0 Å². The van der Waals surface area contributed by atoms with Crippen molar-refractivity contribution in [3.8, 4) is 17.2 Å². The van der Waals surface area contributed by atoms with Crippen molar-refractivity contribution in [1.29, 1.82) is 0 Å². The summed E-state index contributed by atoms with van der Waals surface area (Å²) in [5, 5.41) is 11.9. The first-order valence-electron chi connectivity index (χ1n) is 7.74. The van der Waals surface area contributed by atoms with Crippen LogP contribution in [-0.2, 0) is 6.61 Å². The van der Waals surface area contributed by atoms with Crippen LogP contribution in [0.4, 0.5) is 0 Å². The van der Waals surface area contributed by atoms with Gasteiger partial charge in [-0.15, -0.1) is 5.10 Å². The molecule has 0 aliphatic carbocycles. The fraction of sp³-hybridized carbons (Fsp3) is 0.222. The Morgan fingerprint density at radius 1 is 1.12 bits per heavy atom. The first-order chi connectivity index (χ1) is 12.1. The Balaban J connectivity index is 1.87. The number of nitrogens with zero attached hydrogens (tertiary/aromatic N) is 4. The van der Waals surface area contributed by atoms with E-state index in [1.165, 1.54) is 7.11 Å². The number of rotatable bonds is 6. The maximum Gasteiger partial charge on any atom is 0.194 e. The maximum absolute atomic E-state index is 10.9. The molecule has 0 aliphatic rings. The third kappa shape index (κ3) is 3.35. The zero-order chi connectivity index (χ0) is 17.8. The number of aryl methyl sites for hydroxylation is 2. The zero-order valence-electron chi connectivity index (χ0n) is 14.3. The van der Waals surface area contributed by atoms with E-state index in [9.17, 15) is 4.79 Å². The minimum absolute atomic E-state index is 0.164. The molecule has 7 heteroatoms. The molecule has 3 rings (SSSR count). The van der Waals surface area contributed by atoms with Gasteiger partial charge in [0.25, 0.3) is 0 Å². The number of benzene rings is 2. The Bertz CT molecular complexity index is 885. The predicted octanol–water partition coefficient (Wildman–Crippen LogP) is 2.68. The number of hydrogen-bond donors (Lipinski definition) is 0. The second-order valence-corrected chi connectivity index (χ2v) is 5.56. The number of aldehydes is 1. The maximum atomic E-state index is 10.9. The van der Waals surface area contributed by atoms with Crippen molar-refractivity contribution < 1.29 is 14.3 Å². The molecular weight excluding hydrogens is 320 g/mol. The molecule has 0 N–H and O–H groups in total. The quantitative estimate of drug-likeness (QED) is 0.643. The van der Waals surface area contributed by atoms with Crippen LogP contribution in [0.5, 0.6) is 11.5 Å². The molecule has 0 saturated heterocycles. The molecule has 25 heavy (non-hydrogen) atoms. The van der Waals surface area contributed by atoms with E-state index in [1.54, 1.807) is 22.9 Å². The first-order valence-corrected chi connectivity index (χ1v) is 7.74. The molecule has 0 saturated carbocycles. The summed E-state index contributed by atoms with van der Waals surface area (Å²) in [5.74, 6) is 1.57. The van der Waals surface area contributed by atoms with Gasteiger partial charge in [0.1, 0.15) is 6.29 Å². The molecule has 0 radical (unpaired) electrons. The van der Waals surface area contributed by atoms with Gasteiger partial charge >= 0.3 is 0 Å². The largest absolute Gasteiger partial charge is 0.493 e. The van der Waals surface area contributed by atoms with E-state index in [4.69, 9.17) is 9.47 Å². The van der Waals surface area contributed by atoms with Crippen molar-refractivity contribution in [2.75, 3.05) is 7.11 Å². The summed E-state index contributed by atoms with van der Waals surface area (Å²) in [5.41, 5.74) is 3.60. The Hall–Kier alpha value is -3.22. The lowest BCUT2D eigenvalue weighted by molar-refractivity contribution is 0.112. The fourth-order valence-electron chi connectivity index (χ4n) is 2.63. The summed E-state index contributed by atoms with van der Waals surface area (Å²) >= 11 is 0. The first kappa shape index (κ1) is 16.6. The molecular formula is C18H18N4O3. The standard InChI is InChI=1S/C18H18N4O3/c1-12-5-4-6-13(2)18(12)22-17(19-20-21-22)11-25-15-8-7-14(10-23)9-16(15)24-3/h4-10H,11H2,1-3H3. The van der Waals surface area contributed by atoms with Crippen LogP contribution in [0.3, 0.4) is 0 Å². The normalized spacial score (nSPS) is 10.5. The van der Waals surface area contributed by atoms with E-state index in [0.717, 1.165) is 23.1 Å². The Kier molecular flexibility index (Phi) is 4.74. The van der Waals surface area contributed by atoms with Crippen LogP contribution >= 0.6 is 0 Å². The van der Waals surface area contributed by atoms with Crippen LogP contribution in [0.2, 0.25) is 0 Å². The molecule has 0 spiro atoms. The van der Waals surface area contributed by atoms with Crippen molar-refractivity contribution in [3.05, 3.63) is 58.9 Å². The molecule has 0 atom stereocenters. The van der Waals surface area contributed by atoms with Gasteiger partial charge in [-0.1, -0.05) is 18.2 Å². The highest BCUT2D eigenvalue weighted by atomic mass is 16.5. The number of aromatic nitrogens is 4. The summed E-state index contributed by atoms with van der Waals surface area (Å²) in [6, 6.07) is 11.0. The van der Waals surface area contributed by atoms with Gasteiger partial charge in [0.15, 0.2) is 23.9 Å². The molecule has 128 valence electrons. The van der Waals surface area contributed by atoms with Gasteiger partial charge in [-0.3, -0.25) is 4.79 Å². The molecule has 1 heterocycles. The molecule has 0 unspecified atom stereocenters. The van der Waals surface area contributed by atoms with Crippen LogP contribution in [0.15, 0.2) is 36.4 Å². The average Bonchev–Trinajstić information content (AvgIpc) is 3.07. The summed E-state index contributed by atoms with van der Waals surface area (Å²) in [4.78, 5) is 10.9. The van der Waals surface area contributed by atoms with Crippen molar-refractivity contribution in [2.24, 2.45) is 0 Å². The van der Waals surface area contributed by atoms with Crippen LogP contribution in [-0.4, -0.2) is 33.6 Å². The number of methoxy groups -OCH3 is 1. The smallest absolute Gasteiger partial charge is 0.194 e. The van der Waals surface area contributed by atoms with Crippen molar-refractivity contribution in [2.45, 2.75) is 20.5 Å². The summed E-state index contributed by atoms with van der Waals surface area (Å²) in [6.45, 7) is 4.18. The van der Waals surface area contributed by atoms with E-state index in [2.05, 4.69) is 15.5 Å². The number of tetrazole rings is 1. The van der Waals surface area contributed by atoms with Gasteiger partial charge < -0.3 is 9.47 Å². The third-order valence-electron chi connectivity index (χ3n) is 3.87. The van der Waals surface area contributed by atoms with Gasteiger partial charge in [-0.25, -0.2) is 0 Å². The summed E-state index contributed by atoms with van der Waals surface area (Å²) in [7, 11) is 1.53. The molecule has 0 bridgehead atoms. The SMILES string of the molecule is COc1cc(C=O)ccc1OCc1nnnn1-c1c(C)cccc1C. The molecule has 2 aromatic carbocycles. The molecule has 0 fully saturated rings. The van der Waals surface area contributed by atoms with E-state index < -0.39 is 0 Å². The number of hydrogen-bond acceptors (Lipinski definition) is 6. The predicted molar refractivity (Wildman–Crippen MR) is 91.3 cm³/mol. The lowest BCUT2D eigenvalue weighted by Crippen LogP contribution is -2.10. The summed E-state index contributed by atoms with van der Waals surface area (Å²) in [6.07, 6.45) is 0.758. The van der Waals surface area contributed by atoms with E-state index in [-0.39, 0.29) is 6.61 Å². The lowest BCUT2D eigenvalue weighted by Gasteiger charge is -2.13. The zero-order valence-corrected chi connectivity index (χ0v) is 14.3. The highest BCUT2D eigenvalue weighted by molar-refractivity contribution is 5.76. The highest BCUT2D eigenvalue weighted by Crippen LogP contribution is 2.28. The topological polar surface area (TPSA) is 79.1 Å². The van der Waals surface area contributed by atoms with Crippen molar-refractivity contribution >= 4 is 6.29 Å². The molecule has 3 aromatic rings. The molecule has 0 amide bonds. The van der Waals surface area contributed by atoms with Crippen molar-refractivity contribution in [1.82, 2.24) is 20.2 Å². The minimum atomic E-state index is 0.164. The van der Waals surface area contributed by atoms with Gasteiger partial charge in [-0.2, -0.15) is 4.68 Å². The van der Waals surface area contributed by atoms with Crippen LogP contribution < -0.4 is 9.47 Å². The van der Waals surface area contributed by atoms with Crippen LogP contribution in [0.1, 0.15) is 27.3 Å². The fourth-order valence-corrected chi connectivity index (χ4v) is 2.63. The Morgan fingerprint density at radius 3 is 2.56 bits per heavy atom. The summed E-state index contributed by atoms with van der Waals surface area (Å²) < 4.78 is 12.8. The van der Waals surface area contributed by atoms with Gasteiger partial charge in [-0.05, 0) is 53.6 Å². The molecule has 1 aromatic heterocycles. The van der Waals surface area contributed by atoms with Gasteiger partial charge in [0.2, 0.25) is 0 Å². The average molecular weight is 338 g/mol. The van der Waals surface area contributed by atoms with E-state index in [0.29, 0.717) is 22.9 Å². The third-order valence-corrected chi connectivity index (χ3v) is 3.87. The monoisotopic (exact) mass is 338 g/mol. The van der Waals surface area contributed by atoms with Crippen LogP contribution in [0, 0.1) is 13.8 Å². The minimum Gasteiger partial charge on any atom is -0.493 e. The Labute approximate surface area is 145 Å². The lowest BCUT2D eigenvalue weighted by atomic mass is 10.1. The van der Waals surface area contributed by atoms with E-state index >= 15 is 0 Å². The Morgan fingerprint density at radius 2 is 1.88 bits per heavy atom. The van der Waals surface area contributed by atoms with Crippen LogP contribution in [0.25, 0.3) is 5.69 Å².